The zero-order valence-electron chi connectivity index (χ0n) is 10.3. The van der Waals surface area contributed by atoms with Crippen molar-refractivity contribution >= 4 is 12.2 Å². The Morgan fingerprint density at radius 3 is 2.76 bits per heavy atom. The van der Waals surface area contributed by atoms with Crippen LogP contribution in [-0.2, 0) is 13.0 Å². The molecule has 1 N–H and O–H groups in total. The average Bonchev–Trinajstić information content (AvgIpc) is 2.79. The van der Waals surface area contributed by atoms with Gasteiger partial charge >= 0.3 is 0 Å². The first-order valence-electron chi connectivity index (χ1n) is 5.69. The SMILES string of the molecule is CCCc1n[nH]c(=S)n1Cc1c(C)noc1C. The lowest BCUT2D eigenvalue weighted by atomic mass is 10.2. The molecule has 2 rings (SSSR count). The molecule has 17 heavy (non-hydrogen) atoms. The lowest BCUT2D eigenvalue weighted by Crippen LogP contribution is -2.06. The van der Waals surface area contributed by atoms with Crippen molar-refractivity contribution < 1.29 is 4.52 Å². The third-order valence-electron chi connectivity index (χ3n) is 2.81. The van der Waals surface area contributed by atoms with E-state index in [0.29, 0.717) is 11.3 Å². The van der Waals surface area contributed by atoms with Gasteiger partial charge in [0.1, 0.15) is 11.6 Å². The Hall–Kier alpha value is -1.43. The van der Waals surface area contributed by atoms with Crippen LogP contribution in [0.25, 0.3) is 0 Å². The van der Waals surface area contributed by atoms with E-state index in [-0.39, 0.29) is 0 Å². The Kier molecular flexibility index (Phi) is 3.42. The maximum atomic E-state index is 5.24. The van der Waals surface area contributed by atoms with Crippen LogP contribution in [0.3, 0.4) is 0 Å². The van der Waals surface area contributed by atoms with E-state index in [4.69, 9.17) is 16.7 Å². The quantitative estimate of drug-likeness (QED) is 0.849. The predicted molar refractivity (Wildman–Crippen MR) is 66.5 cm³/mol. The first-order chi connectivity index (χ1) is 8.13. The summed E-state index contributed by atoms with van der Waals surface area (Å²) in [7, 11) is 0. The van der Waals surface area contributed by atoms with E-state index in [0.717, 1.165) is 35.7 Å². The highest BCUT2D eigenvalue weighted by Crippen LogP contribution is 2.15. The molecule has 0 amide bonds. The third-order valence-corrected chi connectivity index (χ3v) is 3.12. The molecule has 0 aliphatic carbocycles. The van der Waals surface area contributed by atoms with E-state index >= 15 is 0 Å². The minimum atomic E-state index is 0.647. The van der Waals surface area contributed by atoms with Gasteiger partial charge in [-0.25, -0.2) is 0 Å². The molecule has 5 nitrogen and oxygen atoms in total. The van der Waals surface area contributed by atoms with Crippen molar-refractivity contribution in [2.75, 3.05) is 0 Å². The summed E-state index contributed by atoms with van der Waals surface area (Å²) in [5, 5.41) is 11.0. The number of aromatic nitrogens is 4. The molecule has 0 saturated carbocycles. The topological polar surface area (TPSA) is 59.6 Å². The molecule has 2 aromatic heterocycles. The number of nitrogens with zero attached hydrogens (tertiary/aromatic N) is 3. The second kappa shape index (κ2) is 4.83. The molecule has 0 saturated heterocycles. The summed E-state index contributed by atoms with van der Waals surface area (Å²) in [5.41, 5.74) is 1.99. The first-order valence-corrected chi connectivity index (χ1v) is 6.10. The van der Waals surface area contributed by atoms with Crippen LogP contribution in [0.15, 0.2) is 4.52 Å². The maximum absolute atomic E-state index is 5.24. The Balaban J connectivity index is 2.36. The Morgan fingerprint density at radius 1 is 1.41 bits per heavy atom. The molecule has 6 heteroatoms. The fourth-order valence-electron chi connectivity index (χ4n) is 1.81. The average molecular weight is 252 g/mol. The lowest BCUT2D eigenvalue weighted by molar-refractivity contribution is 0.392. The van der Waals surface area contributed by atoms with Gasteiger partial charge in [-0.15, -0.1) is 0 Å². The Morgan fingerprint density at radius 2 is 2.18 bits per heavy atom. The molecule has 0 radical (unpaired) electrons. The Bertz CT molecular complexity index is 547. The number of hydrogen-bond donors (Lipinski definition) is 1. The van der Waals surface area contributed by atoms with E-state index in [1.165, 1.54) is 0 Å². The molecule has 0 aliphatic rings. The molecular weight excluding hydrogens is 236 g/mol. The van der Waals surface area contributed by atoms with Crippen LogP contribution in [0, 0.1) is 18.6 Å². The van der Waals surface area contributed by atoms with Crippen LogP contribution in [0.5, 0.6) is 0 Å². The number of nitrogens with one attached hydrogen (secondary N) is 1. The second-order valence-electron chi connectivity index (χ2n) is 4.08. The number of H-pyrrole nitrogens is 1. The molecule has 0 atom stereocenters. The zero-order chi connectivity index (χ0) is 12.4. The number of rotatable bonds is 4. The van der Waals surface area contributed by atoms with Gasteiger partial charge in [-0.2, -0.15) is 5.10 Å². The van der Waals surface area contributed by atoms with Crippen molar-refractivity contribution in [3.05, 3.63) is 27.6 Å². The van der Waals surface area contributed by atoms with Gasteiger partial charge in [-0.1, -0.05) is 12.1 Å². The molecule has 0 fully saturated rings. The highest BCUT2D eigenvalue weighted by Gasteiger charge is 2.12. The molecule has 92 valence electrons. The largest absolute Gasteiger partial charge is 0.361 e. The summed E-state index contributed by atoms with van der Waals surface area (Å²) >= 11 is 5.24. The van der Waals surface area contributed by atoms with Crippen molar-refractivity contribution in [2.24, 2.45) is 0 Å². The summed E-state index contributed by atoms with van der Waals surface area (Å²) in [6, 6.07) is 0. The van der Waals surface area contributed by atoms with E-state index in [9.17, 15) is 0 Å². The van der Waals surface area contributed by atoms with E-state index in [1.54, 1.807) is 0 Å². The fraction of sp³-hybridized carbons (Fsp3) is 0.545. The van der Waals surface area contributed by atoms with Gasteiger partial charge in [0.2, 0.25) is 0 Å². The number of hydrogen-bond acceptors (Lipinski definition) is 4. The molecule has 2 aromatic rings. The van der Waals surface area contributed by atoms with Gasteiger partial charge in [0.05, 0.1) is 12.2 Å². The molecule has 0 unspecified atom stereocenters. The molecule has 0 bridgehead atoms. The molecule has 0 aliphatic heterocycles. The first kappa shape index (κ1) is 12.0. The van der Waals surface area contributed by atoms with Crippen LogP contribution < -0.4 is 0 Å². The highest BCUT2D eigenvalue weighted by molar-refractivity contribution is 7.71. The van der Waals surface area contributed by atoms with Crippen LogP contribution in [-0.4, -0.2) is 19.9 Å². The standard InChI is InChI=1S/C11H16N4OS/c1-4-5-10-12-13-11(17)15(10)6-9-7(2)14-16-8(9)3/h4-6H2,1-3H3,(H,13,17). The zero-order valence-corrected chi connectivity index (χ0v) is 11.1. The number of aryl methyl sites for hydroxylation is 3. The van der Waals surface area contributed by atoms with Crippen molar-refractivity contribution in [1.29, 1.82) is 0 Å². The van der Waals surface area contributed by atoms with Gasteiger partial charge < -0.3 is 4.52 Å². The van der Waals surface area contributed by atoms with Gasteiger partial charge in [0, 0.05) is 12.0 Å². The molecule has 0 spiro atoms. The third kappa shape index (κ3) is 2.31. The summed E-state index contributed by atoms with van der Waals surface area (Å²) in [4.78, 5) is 0. The monoisotopic (exact) mass is 252 g/mol. The van der Waals surface area contributed by atoms with Crippen LogP contribution in [0.2, 0.25) is 0 Å². The highest BCUT2D eigenvalue weighted by atomic mass is 32.1. The lowest BCUT2D eigenvalue weighted by Gasteiger charge is -2.05. The number of aromatic amines is 1. The maximum Gasteiger partial charge on any atom is 0.195 e. The van der Waals surface area contributed by atoms with Crippen LogP contribution >= 0.6 is 12.2 Å². The van der Waals surface area contributed by atoms with E-state index in [2.05, 4.69) is 22.3 Å². The van der Waals surface area contributed by atoms with Crippen LogP contribution in [0.4, 0.5) is 0 Å². The van der Waals surface area contributed by atoms with Gasteiger partial charge in [0.25, 0.3) is 0 Å². The molecular formula is C11H16N4OS. The normalized spacial score (nSPS) is 11.0. The molecule has 0 aromatic carbocycles. The summed E-state index contributed by atoms with van der Waals surface area (Å²) in [6.45, 7) is 6.65. The minimum absolute atomic E-state index is 0.647. The van der Waals surface area contributed by atoms with E-state index in [1.807, 2.05) is 18.4 Å². The van der Waals surface area contributed by atoms with Gasteiger partial charge in [-0.3, -0.25) is 9.67 Å². The van der Waals surface area contributed by atoms with Crippen molar-refractivity contribution in [3.63, 3.8) is 0 Å². The second-order valence-corrected chi connectivity index (χ2v) is 4.47. The van der Waals surface area contributed by atoms with Crippen molar-refractivity contribution in [3.8, 4) is 0 Å². The van der Waals surface area contributed by atoms with Crippen molar-refractivity contribution in [2.45, 2.75) is 40.2 Å². The van der Waals surface area contributed by atoms with Crippen molar-refractivity contribution in [1.82, 2.24) is 19.9 Å². The summed E-state index contributed by atoms with van der Waals surface area (Å²) < 4.78 is 7.81. The minimum Gasteiger partial charge on any atom is -0.361 e. The fourth-order valence-corrected chi connectivity index (χ4v) is 2.03. The van der Waals surface area contributed by atoms with Gasteiger partial charge in [-0.05, 0) is 32.5 Å². The van der Waals surface area contributed by atoms with E-state index < -0.39 is 0 Å². The Labute approximate surface area is 105 Å². The van der Waals surface area contributed by atoms with Gasteiger partial charge in [0.15, 0.2) is 4.77 Å². The molecule has 2 heterocycles. The smallest absolute Gasteiger partial charge is 0.195 e. The summed E-state index contributed by atoms with van der Waals surface area (Å²) in [6.07, 6.45) is 1.96. The van der Waals surface area contributed by atoms with Crippen LogP contribution in [0.1, 0.15) is 36.2 Å². The predicted octanol–water partition coefficient (Wildman–Crippen LogP) is 2.55. The summed E-state index contributed by atoms with van der Waals surface area (Å²) in [5.74, 6) is 1.82.